The van der Waals surface area contributed by atoms with E-state index in [0.717, 1.165) is 11.1 Å². The summed E-state index contributed by atoms with van der Waals surface area (Å²) in [5.74, 6) is 0.404. The Morgan fingerprint density at radius 1 is 1.40 bits per heavy atom. The number of nitrogens with one attached hydrogen (secondary N) is 2. The summed E-state index contributed by atoms with van der Waals surface area (Å²) in [6.07, 6.45) is 0.401. The van der Waals surface area contributed by atoms with E-state index in [1.807, 2.05) is 31.2 Å². The molecule has 0 aliphatic carbocycles. The van der Waals surface area contributed by atoms with Gasteiger partial charge in [0, 0.05) is 6.42 Å². The van der Waals surface area contributed by atoms with E-state index in [-0.39, 0.29) is 11.3 Å². The van der Waals surface area contributed by atoms with Crippen molar-refractivity contribution in [3.8, 4) is 0 Å². The minimum Gasteiger partial charge on any atom is -0.298 e. The lowest BCUT2D eigenvalue weighted by Crippen LogP contribution is -2.25. The molecular formula is C14H16N3O2S+. The van der Waals surface area contributed by atoms with Gasteiger partial charge in [0.2, 0.25) is 0 Å². The molecule has 2 aromatic rings. The van der Waals surface area contributed by atoms with E-state index in [4.69, 9.17) is 0 Å². The third kappa shape index (κ3) is 4.03. The number of hydrogen-bond acceptors (Lipinski definition) is 4. The topological polar surface area (TPSA) is 77.0 Å². The molecule has 2 rings (SSSR count). The summed E-state index contributed by atoms with van der Waals surface area (Å²) in [4.78, 5) is 25.9. The fourth-order valence-corrected chi connectivity index (χ4v) is 2.41. The normalized spacial score (nSPS) is 10.5. The maximum absolute atomic E-state index is 11.9. The Labute approximate surface area is 120 Å². The number of thioether (sulfide) groups is 1. The number of Topliss-reactive ketones (excluding diaryl/α,β-unsaturated/α-hetero) is 1. The van der Waals surface area contributed by atoms with E-state index in [2.05, 4.69) is 15.2 Å². The van der Waals surface area contributed by atoms with Gasteiger partial charge in [0.1, 0.15) is 5.78 Å². The average molecular weight is 290 g/mol. The van der Waals surface area contributed by atoms with Crippen LogP contribution < -0.4 is 10.7 Å². The van der Waals surface area contributed by atoms with Crippen molar-refractivity contribution in [1.82, 2.24) is 10.1 Å². The molecule has 6 heteroatoms. The van der Waals surface area contributed by atoms with Crippen LogP contribution in [0.4, 0.5) is 0 Å². The number of rotatable bonds is 5. The number of carbonyl (C=O) groups is 1. The molecule has 20 heavy (non-hydrogen) atoms. The van der Waals surface area contributed by atoms with E-state index in [0.29, 0.717) is 23.0 Å². The molecule has 104 valence electrons. The van der Waals surface area contributed by atoms with Gasteiger partial charge in [-0.15, -0.1) is 5.10 Å². The Kier molecular flexibility index (Phi) is 4.68. The standard InChI is InChI=1S/C14H15N3O2S/c1-9-4-3-5-11(6-9)7-12(18)8-20-14-15-13(19)10(2)16-17-14/h3-6H,7-8H2,1-2H3,(H,15,17,19)/p+1. The lowest BCUT2D eigenvalue weighted by Gasteiger charge is -2.01. The molecule has 0 saturated carbocycles. The zero-order valence-corrected chi connectivity index (χ0v) is 12.2. The number of aromatic nitrogens is 3. The van der Waals surface area contributed by atoms with Crippen molar-refractivity contribution in [3.63, 3.8) is 0 Å². The molecule has 0 radical (unpaired) electrons. The van der Waals surface area contributed by atoms with Crippen molar-refractivity contribution in [2.24, 2.45) is 0 Å². The van der Waals surface area contributed by atoms with Crippen LogP contribution in [0.5, 0.6) is 0 Å². The van der Waals surface area contributed by atoms with Gasteiger partial charge in [-0.3, -0.25) is 4.79 Å². The third-order valence-corrected chi connectivity index (χ3v) is 3.69. The fraction of sp³-hybridized carbons (Fsp3) is 0.286. The molecule has 0 aliphatic heterocycles. The average Bonchev–Trinajstić information content (AvgIpc) is 2.40. The first-order valence-corrected chi connectivity index (χ1v) is 7.22. The Morgan fingerprint density at radius 2 is 2.20 bits per heavy atom. The molecule has 1 aromatic heterocycles. The van der Waals surface area contributed by atoms with Crippen LogP contribution in [-0.2, 0) is 11.2 Å². The lowest BCUT2D eigenvalue weighted by atomic mass is 10.1. The van der Waals surface area contributed by atoms with Gasteiger partial charge < -0.3 is 0 Å². The summed E-state index contributed by atoms with van der Waals surface area (Å²) in [7, 11) is 0. The predicted octanol–water partition coefficient (Wildman–Crippen LogP) is 1.10. The number of H-pyrrole nitrogens is 2. The SMILES string of the molecule is Cc1cccc(CC(=O)CSc2[nH]c(=O)c(C)n[nH+]2)c1. The van der Waals surface area contributed by atoms with Crippen LogP contribution in [0.25, 0.3) is 0 Å². The molecule has 0 spiro atoms. The minimum absolute atomic E-state index is 0.107. The first kappa shape index (κ1) is 14.5. The molecule has 0 atom stereocenters. The molecule has 1 heterocycles. The highest BCUT2D eigenvalue weighted by atomic mass is 32.2. The van der Waals surface area contributed by atoms with E-state index in [1.54, 1.807) is 6.92 Å². The predicted molar refractivity (Wildman–Crippen MR) is 76.8 cm³/mol. The van der Waals surface area contributed by atoms with E-state index >= 15 is 0 Å². The Morgan fingerprint density at radius 3 is 2.90 bits per heavy atom. The van der Waals surface area contributed by atoms with E-state index in [9.17, 15) is 9.59 Å². The second-order valence-electron chi connectivity index (χ2n) is 4.59. The Balaban J connectivity index is 1.92. The first-order valence-electron chi connectivity index (χ1n) is 6.23. The zero-order chi connectivity index (χ0) is 14.5. The van der Waals surface area contributed by atoms with Gasteiger partial charge in [0.25, 0.3) is 0 Å². The molecule has 1 aromatic carbocycles. The van der Waals surface area contributed by atoms with Crippen molar-refractivity contribution in [2.45, 2.75) is 25.4 Å². The number of nitrogens with zero attached hydrogens (tertiary/aromatic N) is 1. The highest BCUT2D eigenvalue weighted by Gasteiger charge is 2.11. The minimum atomic E-state index is -0.239. The summed E-state index contributed by atoms with van der Waals surface area (Å²) >= 11 is 1.25. The van der Waals surface area contributed by atoms with Crippen molar-refractivity contribution >= 4 is 17.5 Å². The van der Waals surface area contributed by atoms with Crippen LogP contribution in [-0.4, -0.2) is 21.6 Å². The van der Waals surface area contributed by atoms with Gasteiger partial charge in [-0.05, 0) is 31.2 Å². The van der Waals surface area contributed by atoms with Gasteiger partial charge in [-0.1, -0.05) is 34.9 Å². The monoisotopic (exact) mass is 290 g/mol. The smallest absolute Gasteiger partial charge is 0.298 e. The van der Waals surface area contributed by atoms with Crippen molar-refractivity contribution in [3.05, 3.63) is 51.4 Å². The Hall–Kier alpha value is -1.95. The summed E-state index contributed by atoms with van der Waals surface area (Å²) in [5.41, 5.74) is 2.29. The van der Waals surface area contributed by atoms with Crippen LogP contribution in [0.15, 0.2) is 34.2 Å². The zero-order valence-electron chi connectivity index (χ0n) is 11.4. The van der Waals surface area contributed by atoms with Gasteiger partial charge in [-0.25, -0.2) is 4.79 Å². The van der Waals surface area contributed by atoms with Gasteiger partial charge >= 0.3 is 10.7 Å². The number of hydrogen-bond donors (Lipinski definition) is 1. The highest BCUT2D eigenvalue weighted by molar-refractivity contribution is 7.99. The molecule has 2 N–H and O–H groups in total. The van der Waals surface area contributed by atoms with Crippen LogP contribution in [0, 0.1) is 13.8 Å². The van der Waals surface area contributed by atoms with Crippen molar-refractivity contribution in [2.75, 3.05) is 5.75 Å². The second kappa shape index (κ2) is 6.47. The summed E-state index contributed by atoms with van der Waals surface area (Å²) in [6, 6.07) is 7.89. The van der Waals surface area contributed by atoms with Crippen LogP contribution in [0.3, 0.4) is 0 Å². The van der Waals surface area contributed by atoms with Gasteiger partial charge in [-0.2, -0.15) is 4.98 Å². The second-order valence-corrected chi connectivity index (χ2v) is 5.57. The molecule has 5 nitrogen and oxygen atoms in total. The molecule has 0 saturated heterocycles. The summed E-state index contributed by atoms with van der Waals surface area (Å²) in [5, 5.41) is 7.06. The molecule has 0 unspecified atom stereocenters. The third-order valence-electron chi connectivity index (χ3n) is 2.74. The number of aryl methyl sites for hydroxylation is 2. The van der Waals surface area contributed by atoms with Crippen molar-refractivity contribution in [1.29, 1.82) is 0 Å². The number of carbonyl (C=O) groups excluding carboxylic acids is 1. The Bertz CT molecular complexity index is 682. The van der Waals surface area contributed by atoms with Crippen LogP contribution in [0.1, 0.15) is 16.8 Å². The lowest BCUT2D eigenvalue weighted by molar-refractivity contribution is -0.507. The van der Waals surface area contributed by atoms with Crippen molar-refractivity contribution < 1.29 is 9.89 Å². The number of aromatic amines is 2. The number of ketones is 1. The van der Waals surface area contributed by atoms with Gasteiger partial charge in [0.05, 0.1) is 5.75 Å². The highest BCUT2D eigenvalue weighted by Crippen LogP contribution is 2.10. The molecule has 0 amide bonds. The first-order chi connectivity index (χ1) is 9.54. The molecule has 0 aliphatic rings. The van der Waals surface area contributed by atoms with Crippen LogP contribution >= 0.6 is 11.8 Å². The quantitative estimate of drug-likeness (QED) is 0.837. The largest absolute Gasteiger partial charge is 0.357 e. The van der Waals surface area contributed by atoms with Crippen LogP contribution in [0.2, 0.25) is 0 Å². The summed E-state index contributed by atoms with van der Waals surface area (Å²) in [6.45, 7) is 3.62. The summed E-state index contributed by atoms with van der Waals surface area (Å²) < 4.78 is 0. The molecule has 0 bridgehead atoms. The maximum atomic E-state index is 11.9. The molecular weight excluding hydrogens is 274 g/mol. The van der Waals surface area contributed by atoms with Gasteiger partial charge in [0.15, 0.2) is 5.69 Å². The van der Waals surface area contributed by atoms with E-state index < -0.39 is 0 Å². The maximum Gasteiger partial charge on any atom is 0.357 e. The number of benzene rings is 1. The van der Waals surface area contributed by atoms with E-state index in [1.165, 1.54) is 11.8 Å². The molecule has 0 fully saturated rings. The fourth-order valence-electron chi connectivity index (χ4n) is 1.73.